The van der Waals surface area contributed by atoms with Gasteiger partial charge in [0.05, 0.1) is 0 Å². The van der Waals surface area contributed by atoms with Crippen LogP contribution >= 0.6 is 0 Å². The first-order chi connectivity index (χ1) is 5.75. The van der Waals surface area contributed by atoms with Gasteiger partial charge < -0.3 is 10.0 Å². The zero-order valence-electron chi connectivity index (χ0n) is 6.99. The summed E-state index contributed by atoms with van der Waals surface area (Å²) in [5.41, 5.74) is 0.814. The maximum atomic E-state index is 8.75. The van der Waals surface area contributed by atoms with E-state index in [0.717, 1.165) is 5.56 Å². The predicted molar refractivity (Wildman–Crippen MR) is 48.1 cm³/mol. The molecule has 0 aliphatic heterocycles. The zero-order chi connectivity index (χ0) is 8.97. The Hall–Kier alpha value is -1.35. The van der Waals surface area contributed by atoms with Gasteiger partial charge in [-0.3, -0.25) is 5.41 Å². The molecule has 3 nitrogen and oxygen atoms in total. The number of nitrogens with zero attached hydrogens (tertiary/aromatic N) is 1. The van der Waals surface area contributed by atoms with E-state index in [1.54, 1.807) is 7.05 Å². The summed E-state index contributed by atoms with van der Waals surface area (Å²) in [6.45, 7) is -0.131. The third-order valence-corrected chi connectivity index (χ3v) is 1.64. The molecule has 0 spiro atoms. The van der Waals surface area contributed by atoms with Gasteiger partial charge in [0.15, 0.2) is 0 Å². The number of nitrogens with one attached hydrogen (secondary N) is 1. The van der Waals surface area contributed by atoms with Crippen molar-refractivity contribution in [3.63, 3.8) is 0 Å². The first-order valence-electron chi connectivity index (χ1n) is 3.71. The summed E-state index contributed by atoms with van der Waals surface area (Å²) < 4.78 is 0. The minimum atomic E-state index is -0.131. The summed E-state index contributed by atoms with van der Waals surface area (Å²) >= 11 is 0. The third-order valence-electron chi connectivity index (χ3n) is 1.64. The van der Waals surface area contributed by atoms with Crippen LogP contribution in [0.3, 0.4) is 0 Å². The molecule has 1 aromatic rings. The molecule has 0 atom stereocenters. The number of rotatable bonds is 2. The quantitative estimate of drug-likeness (QED) is 0.387. The summed E-state index contributed by atoms with van der Waals surface area (Å²) in [5, 5.41) is 16.4. The normalized spacial score (nSPS) is 9.50. The van der Waals surface area contributed by atoms with E-state index >= 15 is 0 Å². The van der Waals surface area contributed by atoms with E-state index in [4.69, 9.17) is 10.5 Å². The molecule has 0 saturated carbocycles. The molecule has 1 rings (SSSR count). The highest BCUT2D eigenvalue weighted by Gasteiger charge is 2.03. The average molecular weight is 164 g/mol. The molecule has 3 heteroatoms. The van der Waals surface area contributed by atoms with Gasteiger partial charge in [-0.15, -0.1) is 0 Å². The monoisotopic (exact) mass is 164 g/mol. The second-order valence-electron chi connectivity index (χ2n) is 2.55. The van der Waals surface area contributed by atoms with Crippen LogP contribution in [0.1, 0.15) is 5.56 Å². The van der Waals surface area contributed by atoms with Gasteiger partial charge in [0.1, 0.15) is 12.6 Å². The lowest BCUT2D eigenvalue weighted by molar-refractivity contribution is 0.191. The van der Waals surface area contributed by atoms with Crippen molar-refractivity contribution in [2.75, 3.05) is 13.8 Å². The lowest BCUT2D eigenvalue weighted by Gasteiger charge is -2.16. The van der Waals surface area contributed by atoms with Crippen LogP contribution in [-0.2, 0) is 0 Å². The van der Waals surface area contributed by atoms with Crippen LogP contribution in [0.5, 0.6) is 0 Å². The van der Waals surface area contributed by atoms with E-state index in [1.165, 1.54) is 4.90 Å². The van der Waals surface area contributed by atoms with Crippen molar-refractivity contribution in [1.82, 2.24) is 4.90 Å². The highest BCUT2D eigenvalue weighted by atomic mass is 16.3. The molecular formula is C9H12N2O. The Morgan fingerprint density at radius 2 is 2.00 bits per heavy atom. The summed E-state index contributed by atoms with van der Waals surface area (Å²) in [6.07, 6.45) is 0. The van der Waals surface area contributed by atoms with Gasteiger partial charge in [-0.2, -0.15) is 0 Å². The highest BCUT2D eigenvalue weighted by molar-refractivity contribution is 5.95. The smallest absolute Gasteiger partial charge is 0.129 e. The summed E-state index contributed by atoms with van der Waals surface area (Å²) in [6, 6.07) is 9.32. The van der Waals surface area contributed by atoms with Crippen LogP contribution in [0.4, 0.5) is 0 Å². The molecule has 0 radical (unpaired) electrons. The van der Waals surface area contributed by atoms with E-state index in [1.807, 2.05) is 30.3 Å². The molecule has 1 aromatic carbocycles. The Bertz CT molecular complexity index is 258. The minimum absolute atomic E-state index is 0.131. The van der Waals surface area contributed by atoms with E-state index < -0.39 is 0 Å². The lowest BCUT2D eigenvalue weighted by atomic mass is 10.2. The van der Waals surface area contributed by atoms with Gasteiger partial charge in [-0.25, -0.2) is 0 Å². The maximum absolute atomic E-state index is 8.75. The molecule has 0 heterocycles. The molecule has 0 aliphatic carbocycles. The van der Waals surface area contributed by atoms with E-state index in [9.17, 15) is 0 Å². The summed E-state index contributed by atoms with van der Waals surface area (Å²) in [4.78, 5) is 1.47. The van der Waals surface area contributed by atoms with Gasteiger partial charge in [0, 0.05) is 12.6 Å². The highest BCUT2D eigenvalue weighted by Crippen LogP contribution is 2.01. The third kappa shape index (κ3) is 1.83. The van der Waals surface area contributed by atoms with Crippen molar-refractivity contribution >= 4 is 5.84 Å². The Morgan fingerprint density at radius 3 is 2.50 bits per heavy atom. The largest absolute Gasteiger partial charge is 0.376 e. The number of aliphatic hydroxyl groups excluding tert-OH is 1. The van der Waals surface area contributed by atoms with Crippen molar-refractivity contribution < 1.29 is 5.11 Å². The minimum Gasteiger partial charge on any atom is -0.376 e. The van der Waals surface area contributed by atoms with Crippen molar-refractivity contribution in [3.8, 4) is 0 Å². The number of amidine groups is 1. The van der Waals surface area contributed by atoms with Crippen LogP contribution in [0.15, 0.2) is 30.3 Å². The van der Waals surface area contributed by atoms with Crippen LogP contribution in [0.25, 0.3) is 0 Å². The first kappa shape index (κ1) is 8.74. The fourth-order valence-electron chi connectivity index (χ4n) is 0.887. The number of hydrogen-bond acceptors (Lipinski definition) is 2. The van der Waals surface area contributed by atoms with Crippen LogP contribution in [0.2, 0.25) is 0 Å². The second kappa shape index (κ2) is 3.88. The topological polar surface area (TPSA) is 47.3 Å². The van der Waals surface area contributed by atoms with Gasteiger partial charge in [-0.1, -0.05) is 30.3 Å². The van der Waals surface area contributed by atoms with Gasteiger partial charge in [0.25, 0.3) is 0 Å². The van der Waals surface area contributed by atoms with E-state index in [0.29, 0.717) is 5.84 Å². The summed E-state index contributed by atoms with van der Waals surface area (Å²) in [5.74, 6) is 0.332. The lowest BCUT2D eigenvalue weighted by Crippen LogP contribution is -2.27. The van der Waals surface area contributed by atoms with Crippen LogP contribution < -0.4 is 0 Å². The molecule has 2 N–H and O–H groups in total. The SMILES string of the molecule is CN(CO)C(=N)c1ccccc1. The summed E-state index contributed by atoms with van der Waals surface area (Å²) in [7, 11) is 1.68. The maximum Gasteiger partial charge on any atom is 0.129 e. The van der Waals surface area contributed by atoms with Gasteiger partial charge >= 0.3 is 0 Å². The number of benzene rings is 1. The van der Waals surface area contributed by atoms with Gasteiger partial charge in [0.2, 0.25) is 0 Å². The molecule has 0 aromatic heterocycles. The van der Waals surface area contributed by atoms with Crippen molar-refractivity contribution in [3.05, 3.63) is 35.9 Å². The second-order valence-corrected chi connectivity index (χ2v) is 2.55. The number of aliphatic hydroxyl groups is 1. The molecule has 0 unspecified atom stereocenters. The molecule has 64 valence electrons. The average Bonchev–Trinajstić information content (AvgIpc) is 2.17. The fourth-order valence-corrected chi connectivity index (χ4v) is 0.887. The predicted octanol–water partition coefficient (Wildman–Crippen LogP) is 0.894. The molecule has 12 heavy (non-hydrogen) atoms. The molecule has 0 saturated heterocycles. The zero-order valence-corrected chi connectivity index (χ0v) is 6.99. The Balaban J connectivity index is 2.79. The first-order valence-corrected chi connectivity index (χ1v) is 3.71. The van der Waals surface area contributed by atoms with Crippen molar-refractivity contribution in [1.29, 1.82) is 5.41 Å². The van der Waals surface area contributed by atoms with Crippen molar-refractivity contribution in [2.24, 2.45) is 0 Å². The molecule has 0 amide bonds. The fraction of sp³-hybridized carbons (Fsp3) is 0.222. The van der Waals surface area contributed by atoms with Gasteiger partial charge in [-0.05, 0) is 0 Å². The van der Waals surface area contributed by atoms with Crippen molar-refractivity contribution in [2.45, 2.75) is 0 Å². The Morgan fingerprint density at radius 1 is 1.42 bits per heavy atom. The standard InChI is InChI=1S/C9H12N2O/c1-11(7-12)9(10)8-5-3-2-4-6-8/h2-6,10,12H,7H2,1H3. The Labute approximate surface area is 71.8 Å². The van der Waals surface area contributed by atoms with Crippen LogP contribution in [0, 0.1) is 5.41 Å². The molecule has 0 bridgehead atoms. The van der Waals surface area contributed by atoms with E-state index in [2.05, 4.69) is 0 Å². The number of hydrogen-bond donors (Lipinski definition) is 2. The van der Waals surface area contributed by atoms with E-state index in [-0.39, 0.29) is 6.73 Å². The molecular weight excluding hydrogens is 152 g/mol. The molecule has 0 aliphatic rings. The Kier molecular flexibility index (Phi) is 2.82. The van der Waals surface area contributed by atoms with Crippen LogP contribution in [-0.4, -0.2) is 29.6 Å². The molecule has 0 fully saturated rings.